The van der Waals surface area contributed by atoms with Gasteiger partial charge in [-0.25, -0.2) is 13.8 Å². The first-order valence-electron chi connectivity index (χ1n) is 27.3. The van der Waals surface area contributed by atoms with Crippen molar-refractivity contribution in [1.82, 2.24) is 39.7 Å². The molecule has 0 bridgehead atoms. The molecule has 3 aliphatic rings. The molecule has 444 valence electrons. The van der Waals surface area contributed by atoms with Gasteiger partial charge in [0, 0.05) is 107 Å². The highest BCUT2D eigenvalue weighted by Gasteiger charge is 2.35. The maximum atomic E-state index is 14.7. The fraction of sp³-hybridized carbons (Fsp3) is 0.537. The van der Waals surface area contributed by atoms with E-state index >= 15 is 0 Å². The van der Waals surface area contributed by atoms with Gasteiger partial charge in [-0.3, -0.25) is 43.6 Å². The van der Waals surface area contributed by atoms with Gasteiger partial charge in [0.25, 0.3) is 12.3 Å². The summed E-state index contributed by atoms with van der Waals surface area (Å²) in [5.74, 6) is -0.337. The molecule has 1 saturated heterocycles. The number of hydrogen-bond donors (Lipinski definition) is 4. The van der Waals surface area contributed by atoms with Crippen molar-refractivity contribution in [2.24, 2.45) is 7.05 Å². The number of alkyl halides is 2. The Bertz CT molecular complexity index is 3000. The average Bonchev–Trinajstić information content (AvgIpc) is 3.17. The first-order chi connectivity index (χ1) is 39.6. The van der Waals surface area contributed by atoms with Gasteiger partial charge in [-0.1, -0.05) is 11.3 Å². The molecule has 0 unspecified atom stereocenters. The van der Waals surface area contributed by atoms with Crippen molar-refractivity contribution in [3.05, 3.63) is 86.5 Å². The third-order valence-corrected chi connectivity index (χ3v) is 14.9. The van der Waals surface area contributed by atoms with Crippen molar-refractivity contribution < 1.29 is 61.6 Å². The maximum Gasteiger partial charge on any atom is 0.300 e. The average molecular weight is 1160 g/mol. The lowest BCUT2D eigenvalue weighted by Crippen LogP contribution is -2.43. The number of hydrogen-bond acceptors (Lipinski definition) is 19. The van der Waals surface area contributed by atoms with E-state index in [2.05, 4.69) is 50.7 Å². The van der Waals surface area contributed by atoms with Gasteiger partial charge < -0.3 is 49.4 Å². The second kappa shape index (κ2) is 29.7. The molecule has 0 radical (unpaired) electrons. The Balaban J connectivity index is 0.652. The number of aromatic nitrogens is 5. The van der Waals surface area contributed by atoms with Crippen LogP contribution < -0.4 is 31.0 Å². The van der Waals surface area contributed by atoms with Crippen LogP contribution in [0.15, 0.2) is 42.7 Å². The highest BCUT2D eigenvalue weighted by molar-refractivity contribution is 7.17. The van der Waals surface area contributed by atoms with E-state index in [1.807, 2.05) is 11.0 Å². The molecule has 4 N–H and O–H groups in total. The van der Waals surface area contributed by atoms with Gasteiger partial charge >= 0.3 is 5.09 Å². The fourth-order valence-corrected chi connectivity index (χ4v) is 10.9. The number of amides is 4. The molecule has 5 aromatic rings. The van der Waals surface area contributed by atoms with Gasteiger partial charge in [-0.15, -0.1) is 10.1 Å². The van der Waals surface area contributed by atoms with Crippen molar-refractivity contribution in [2.45, 2.75) is 71.9 Å². The van der Waals surface area contributed by atoms with Gasteiger partial charge in [0.2, 0.25) is 22.8 Å². The molecule has 2 aromatic carbocycles. The smallest absolute Gasteiger partial charge is 0.300 e. The number of benzene rings is 2. The number of likely N-dealkylation sites (tertiary alicyclic amines) is 1. The summed E-state index contributed by atoms with van der Waals surface area (Å²) in [6.07, 6.45) is 4.45. The molecule has 4 amide bonds. The lowest BCUT2D eigenvalue weighted by molar-refractivity contribution is -0.710. The number of thiazole rings is 1. The standard InChI is InChI=1S/C54H71F2N13O12S/c1-35-53(81-69(74)75)82-54(60-35)62-52(73)42-8-7-40(29-46(42)61-36(2)70)57-12-18-76-20-22-78-24-26-80-27-25-79-23-21-77-19-13-58-49(72)34-65-15-9-41(10-16-65)68-47-11-17-66(37(3)71)33-45(47)51(63-68)67-14-5-6-38-28-43(39-31-59-64(4)32-39)44(50(55)56)30-48(38)67/h7-8,28-32,41,50,57H,5-6,9-27,33-34H2,1-4H3,(H,58,72)(H,61,70)(H,60,62,73). The Morgan fingerprint density at radius 2 is 1.55 bits per heavy atom. The van der Waals surface area contributed by atoms with Crippen LogP contribution >= 0.6 is 11.3 Å². The molecule has 25 nitrogen and oxygen atoms in total. The van der Waals surface area contributed by atoms with Gasteiger partial charge in [0.15, 0.2) is 10.9 Å². The summed E-state index contributed by atoms with van der Waals surface area (Å²) in [7, 11) is 1.77. The minimum Gasteiger partial charge on any atom is -0.383 e. The number of aryl methyl sites for hydroxylation is 3. The quantitative estimate of drug-likeness (QED) is 0.0244. The molecule has 3 aromatic heterocycles. The number of nitrogens with one attached hydrogen (secondary N) is 4. The normalized spacial score (nSPS) is 14.6. The van der Waals surface area contributed by atoms with E-state index in [0.717, 1.165) is 65.3 Å². The van der Waals surface area contributed by atoms with E-state index < -0.39 is 17.4 Å². The van der Waals surface area contributed by atoms with Crippen LogP contribution in [0.1, 0.15) is 84.0 Å². The molecule has 82 heavy (non-hydrogen) atoms. The second-order valence-electron chi connectivity index (χ2n) is 19.9. The van der Waals surface area contributed by atoms with Gasteiger partial charge in [-0.2, -0.15) is 10.2 Å². The molecule has 0 atom stereocenters. The van der Waals surface area contributed by atoms with E-state index in [4.69, 9.17) is 28.8 Å². The van der Waals surface area contributed by atoms with Crippen LogP contribution in [0.5, 0.6) is 5.06 Å². The summed E-state index contributed by atoms with van der Waals surface area (Å²) in [6, 6.07) is 8.39. The number of carbonyl (C=O) groups is 4. The van der Waals surface area contributed by atoms with Crippen molar-refractivity contribution in [3.8, 4) is 16.2 Å². The van der Waals surface area contributed by atoms with Crippen LogP contribution in [0.2, 0.25) is 0 Å². The van der Waals surface area contributed by atoms with E-state index in [9.17, 15) is 38.1 Å². The molecule has 28 heteroatoms. The molecule has 0 spiro atoms. The molecule has 6 heterocycles. The van der Waals surface area contributed by atoms with E-state index in [1.54, 1.807) is 49.2 Å². The second-order valence-corrected chi connectivity index (χ2v) is 20.8. The zero-order valence-electron chi connectivity index (χ0n) is 46.5. The predicted molar refractivity (Wildman–Crippen MR) is 299 cm³/mol. The van der Waals surface area contributed by atoms with Gasteiger partial charge in [0.05, 0.1) is 108 Å². The zero-order chi connectivity index (χ0) is 58.1. The third-order valence-electron chi connectivity index (χ3n) is 14.0. The Morgan fingerprint density at radius 3 is 2.18 bits per heavy atom. The lowest BCUT2D eigenvalue weighted by Gasteiger charge is -2.33. The Hall–Kier alpha value is -7.21. The Morgan fingerprint density at radius 1 is 0.866 bits per heavy atom. The van der Waals surface area contributed by atoms with Crippen LogP contribution in [-0.2, 0) is 64.5 Å². The minimum atomic E-state index is -2.69. The zero-order valence-corrected chi connectivity index (χ0v) is 47.4. The SMILES string of the molecule is CC(=O)Nc1cc(NCCOCCOCCOCCOCCOCCNC(=O)CN2CCC(n3nc(N4CCCc5cc(-c6cnn(C)c6)c(C(F)F)cc54)c4c3CCN(C(C)=O)C4)CC2)ccc1C(=O)Nc1nc(C)c(O[N+](=O)[O-])s1. The van der Waals surface area contributed by atoms with E-state index in [-0.39, 0.29) is 63.0 Å². The predicted octanol–water partition coefficient (Wildman–Crippen LogP) is 5.70. The first kappa shape index (κ1) is 60.9. The molecular weight excluding hydrogens is 1090 g/mol. The topological polar surface area (TPSA) is 273 Å². The number of rotatable bonds is 30. The third kappa shape index (κ3) is 16.7. The fourth-order valence-electron chi connectivity index (χ4n) is 10.1. The minimum absolute atomic E-state index is 0.0182. The number of fused-ring (bicyclic) bond motifs is 2. The van der Waals surface area contributed by atoms with Gasteiger partial charge in [-0.05, 0) is 74.1 Å². The molecule has 8 rings (SSSR count). The summed E-state index contributed by atoms with van der Waals surface area (Å²) in [5, 5.41) is 30.6. The Labute approximate surface area is 477 Å². The van der Waals surface area contributed by atoms with Crippen molar-refractivity contribution in [3.63, 3.8) is 0 Å². The number of piperidine rings is 1. The summed E-state index contributed by atoms with van der Waals surface area (Å²) in [5.41, 5.74) is 6.11. The van der Waals surface area contributed by atoms with Crippen molar-refractivity contribution in [1.29, 1.82) is 0 Å². The van der Waals surface area contributed by atoms with Crippen molar-refractivity contribution >= 4 is 63.0 Å². The van der Waals surface area contributed by atoms with Crippen LogP contribution in [0.3, 0.4) is 0 Å². The molecular formula is C54H71F2N13O12S. The monoisotopic (exact) mass is 1160 g/mol. The van der Waals surface area contributed by atoms with Crippen LogP contribution in [0.4, 0.5) is 36.8 Å². The molecule has 1 fully saturated rings. The number of carbonyl (C=O) groups excluding carboxylic acids is 4. The molecule has 0 saturated carbocycles. The van der Waals surface area contributed by atoms with Crippen LogP contribution in [-0.4, -0.2) is 175 Å². The number of nitrogens with zero attached hydrogens (tertiary/aromatic N) is 9. The number of ether oxygens (including phenoxy) is 5. The Kier molecular flexibility index (Phi) is 22.0. The highest BCUT2D eigenvalue weighted by atomic mass is 32.1. The summed E-state index contributed by atoms with van der Waals surface area (Å²) in [6.45, 7) is 12.2. The van der Waals surface area contributed by atoms with E-state index in [1.165, 1.54) is 19.9 Å². The number of anilines is 5. The molecule has 3 aliphatic heterocycles. The number of halogens is 2. The largest absolute Gasteiger partial charge is 0.383 e. The lowest BCUT2D eigenvalue weighted by atomic mass is 9.92. The maximum absolute atomic E-state index is 14.7. The molecule has 0 aliphatic carbocycles. The highest BCUT2D eigenvalue weighted by Crippen LogP contribution is 2.44. The van der Waals surface area contributed by atoms with Gasteiger partial charge in [0.1, 0.15) is 0 Å². The summed E-state index contributed by atoms with van der Waals surface area (Å²) >= 11 is 0.804. The van der Waals surface area contributed by atoms with Crippen LogP contribution in [0.25, 0.3) is 11.1 Å². The van der Waals surface area contributed by atoms with Crippen LogP contribution in [0, 0.1) is 17.0 Å². The summed E-state index contributed by atoms with van der Waals surface area (Å²) < 4.78 is 61.2. The van der Waals surface area contributed by atoms with E-state index in [0.29, 0.717) is 135 Å². The first-order valence-corrected chi connectivity index (χ1v) is 28.1. The summed E-state index contributed by atoms with van der Waals surface area (Å²) in [4.78, 5) is 75.8. The van der Waals surface area contributed by atoms with Crippen molar-refractivity contribution in [2.75, 3.05) is 133 Å².